The van der Waals surface area contributed by atoms with Crippen LogP contribution in [0.1, 0.15) is 77.2 Å². The lowest BCUT2D eigenvalue weighted by atomic mass is 9.42. The Hall–Kier alpha value is -2.92. The number of piperazine rings is 1. The second-order valence-corrected chi connectivity index (χ2v) is 14.1. The molecule has 228 valence electrons. The van der Waals surface area contributed by atoms with E-state index in [1.807, 2.05) is 0 Å². The van der Waals surface area contributed by atoms with Gasteiger partial charge in [-0.2, -0.15) is 0 Å². The van der Waals surface area contributed by atoms with E-state index in [0.717, 1.165) is 37.7 Å². The topological polar surface area (TPSA) is 151 Å². The highest BCUT2D eigenvalue weighted by Crippen LogP contribution is 2.78. The van der Waals surface area contributed by atoms with Crippen LogP contribution in [0, 0.1) is 22.7 Å². The van der Waals surface area contributed by atoms with Gasteiger partial charge in [0.05, 0.1) is 11.9 Å². The Kier molecular flexibility index (Phi) is 6.17. The number of rotatable bonds is 3. The SMILES string of the molecule is CC(=O)O[C@H]1[C@H]2O[C@]23[C@@H]2CC[C@]4(O)C[C@@H](NC(=O)N5CCNC(=O)C5)CC[C@]4(C)[C@H]2CC[C@]3(C)[C@H]1c1ccc(=O)oc1. The van der Waals surface area contributed by atoms with E-state index < -0.39 is 22.9 Å². The van der Waals surface area contributed by atoms with E-state index in [1.165, 1.54) is 24.2 Å². The molecule has 4 aliphatic carbocycles. The molecule has 6 aliphatic rings. The van der Waals surface area contributed by atoms with Gasteiger partial charge >= 0.3 is 17.6 Å². The normalized spacial score (nSPS) is 45.4. The van der Waals surface area contributed by atoms with Gasteiger partial charge in [0, 0.05) is 43.5 Å². The Labute approximate surface area is 244 Å². The number of nitrogens with zero attached hydrogens (tertiary/aromatic N) is 1. The fraction of sp³-hybridized carbons (Fsp3) is 0.742. The van der Waals surface area contributed by atoms with Gasteiger partial charge in [0.25, 0.3) is 0 Å². The molecule has 0 unspecified atom stereocenters. The number of epoxide rings is 1. The molecule has 3 N–H and O–H groups in total. The molecule has 0 radical (unpaired) electrons. The third kappa shape index (κ3) is 3.77. The van der Waals surface area contributed by atoms with Crippen LogP contribution in [-0.2, 0) is 19.1 Å². The summed E-state index contributed by atoms with van der Waals surface area (Å²) in [7, 11) is 0. The predicted molar refractivity (Wildman–Crippen MR) is 148 cm³/mol. The maximum absolute atomic E-state index is 12.9. The number of hydrogen-bond donors (Lipinski definition) is 3. The minimum atomic E-state index is -0.936. The Morgan fingerprint density at radius 3 is 2.57 bits per heavy atom. The van der Waals surface area contributed by atoms with Gasteiger partial charge < -0.3 is 34.5 Å². The third-order valence-electron chi connectivity index (χ3n) is 12.3. The number of esters is 1. The molecule has 2 aliphatic heterocycles. The van der Waals surface area contributed by atoms with Crippen LogP contribution in [0.3, 0.4) is 0 Å². The van der Waals surface area contributed by atoms with Gasteiger partial charge in [0.15, 0.2) is 0 Å². The van der Waals surface area contributed by atoms with Crippen LogP contribution in [-0.4, -0.2) is 77.0 Å². The van der Waals surface area contributed by atoms with Crippen LogP contribution in [0.15, 0.2) is 27.6 Å². The van der Waals surface area contributed by atoms with Gasteiger partial charge in [-0.1, -0.05) is 13.8 Å². The fourth-order valence-corrected chi connectivity index (χ4v) is 10.3. The molecule has 11 heteroatoms. The zero-order chi connectivity index (χ0) is 29.7. The summed E-state index contributed by atoms with van der Waals surface area (Å²) in [6.45, 7) is 6.85. The lowest BCUT2D eigenvalue weighted by molar-refractivity contribution is -0.214. The summed E-state index contributed by atoms with van der Waals surface area (Å²) in [6.07, 6.45) is 5.89. The molecule has 0 bridgehead atoms. The molecule has 0 aromatic carbocycles. The Morgan fingerprint density at radius 2 is 1.86 bits per heavy atom. The number of carbonyl (C=O) groups excluding carboxylic acids is 3. The van der Waals surface area contributed by atoms with E-state index in [1.54, 1.807) is 6.07 Å². The molecule has 4 saturated carbocycles. The first-order valence-electron chi connectivity index (χ1n) is 15.4. The molecule has 1 aromatic heterocycles. The summed E-state index contributed by atoms with van der Waals surface area (Å²) in [4.78, 5) is 50.3. The monoisotopic (exact) mass is 583 g/mol. The standard InChI is InChI=1S/C31H41N3O8/c1-17(35)41-25-24(18-4-5-23(37)40-16-18)29(3)10-7-20-21(31(29)26(25)42-31)8-11-30(39)14-19(6-9-28(20,30)2)33-27(38)34-13-12-32-22(36)15-34/h4-5,16,19-21,24-26,39H,6-15H2,1-3H3,(H,32,36)(H,33,38)/t19-,20-,21+,24-,25+,26+,28+,29+,30-,31+/m0/s1. The molecule has 10 atom stereocenters. The number of urea groups is 1. The van der Waals surface area contributed by atoms with Crippen LogP contribution >= 0.6 is 0 Å². The van der Waals surface area contributed by atoms with Gasteiger partial charge in [0.1, 0.15) is 24.4 Å². The molecular weight excluding hydrogens is 542 g/mol. The first-order valence-corrected chi connectivity index (χ1v) is 15.4. The van der Waals surface area contributed by atoms with E-state index >= 15 is 0 Å². The summed E-state index contributed by atoms with van der Waals surface area (Å²) in [5, 5.41) is 18.1. The summed E-state index contributed by atoms with van der Waals surface area (Å²) in [5.74, 6) is -0.287. The van der Waals surface area contributed by atoms with Crippen molar-refractivity contribution in [2.75, 3.05) is 19.6 Å². The number of aliphatic hydroxyl groups is 1. The molecule has 7 rings (SSSR count). The van der Waals surface area contributed by atoms with Crippen molar-refractivity contribution in [3.05, 3.63) is 34.4 Å². The summed E-state index contributed by atoms with van der Waals surface area (Å²) in [6, 6.07) is 2.80. The number of ether oxygens (including phenoxy) is 2. The Bertz CT molecular complexity index is 1360. The van der Waals surface area contributed by atoms with Crippen molar-refractivity contribution in [1.29, 1.82) is 0 Å². The minimum Gasteiger partial charge on any atom is -0.459 e. The summed E-state index contributed by atoms with van der Waals surface area (Å²) >= 11 is 0. The molecule has 6 fully saturated rings. The van der Waals surface area contributed by atoms with Crippen LogP contribution < -0.4 is 16.3 Å². The average Bonchev–Trinajstić information content (AvgIpc) is 3.64. The van der Waals surface area contributed by atoms with E-state index in [2.05, 4.69) is 24.5 Å². The van der Waals surface area contributed by atoms with Gasteiger partial charge in [-0.05, 0) is 73.8 Å². The lowest BCUT2D eigenvalue weighted by Crippen LogP contribution is -2.66. The quantitative estimate of drug-likeness (QED) is 0.362. The highest BCUT2D eigenvalue weighted by atomic mass is 16.7. The summed E-state index contributed by atoms with van der Waals surface area (Å²) in [5.41, 5.74) is -1.69. The number of nitrogens with one attached hydrogen (secondary N) is 2. The molecule has 1 aromatic rings. The van der Waals surface area contributed by atoms with Crippen molar-refractivity contribution < 1.29 is 33.4 Å². The lowest BCUT2D eigenvalue weighted by Gasteiger charge is -2.64. The molecule has 1 spiro atoms. The van der Waals surface area contributed by atoms with E-state index in [9.17, 15) is 24.3 Å². The van der Waals surface area contributed by atoms with Gasteiger partial charge in [-0.25, -0.2) is 9.59 Å². The second kappa shape index (κ2) is 9.29. The molecule has 3 heterocycles. The Morgan fingerprint density at radius 1 is 1.10 bits per heavy atom. The number of fused-ring (bicyclic) bond motifs is 3. The van der Waals surface area contributed by atoms with Crippen LogP contribution in [0.2, 0.25) is 0 Å². The van der Waals surface area contributed by atoms with Gasteiger partial charge in [-0.3, -0.25) is 9.59 Å². The minimum absolute atomic E-state index is 0.0523. The Balaban J connectivity index is 1.14. The second-order valence-electron chi connectivity index (χ2n) is 14.1. The van der Waals surface area contributed by atoms with Crippen LogP contribution in [0.4, 0.5) is 4.79 Å². The first kappa shape index (κ1) is 27.9. The van der Waals surface area contributed by atoms with Gasteiger partial charge in [0.2, 0.25) is 5.91 Å². The number of carbonyl (C=O) groups is 3. The van der Waals surface area contributed by atoms with Gasteiger partial charge in [-0.15, -0.1) is 0 Å². The highest BCUT2D eigenvalue weighted by molar-refractivity contribution is 5.85. The summed E-state index contributed by atoms with van der Waals surface area (Å²) < 4.78 is 17.9. The van der Waals surface area contributed by atoms with Crippen LogP contribution in [0.5, 0.6) is 0 Å². The van der Waals surface area contributed by atoms with E-state index in [-0.39, 0.29) is 65.2 Å². The number of hydrogen-bond acceptors (Lipinski definition) is 8. The largest absolute Gasteiger partial charge is 0.459 e. The molecule has 2 saturated heterocycles. The maximum Gasteiger partial charge on any atom is 0.335 e. The average molecular weight is 584 g/mol. The van der Waals surface area contributed by atoms with E-state index in [0.29, 0.717) is 25.9 Å². The zero-order valence-electron chi connectivity index (χ0n) is 24.5. The fourth-order valence-electron chi connectivity index (χ4n) is 10.3. The predicted octanol–water partition coefficient (Wildman–Crippen LogP) is 2.06. The molecule has 42 heavy (non-hydrogen) atoms. The molecule has 3 amide bonds. The smallest absolute Gasteiger partial charge is 0.335 e. The molecule has 11 nitrogen and oxygen atoms in total. The van der Waals surface area contributed by atoms with Crippen molar-refractivity contribution in [3.8, 4) is 0 Å². The number of amides is 3. The van der Waals surface area contributed by atoms with E-state index in [4.69, 9.17) is 13.9 Å². The zero-order valence-corrected chi connectivity index (χ0v) is 24.5. The van der Waals surface area contributed by atoms with Crippen molar-refractivity contribution in [2.24, 2.45) is 22.7 Å². The van der Waals surface area contributed by atoms with Crippen molar-refractivity contribution in [3.63, 3.8) is 0 Å². The maximum atomic E-state index is 12.9. The van der Waals surface area contributed by atoms with Crippen molar-refractivity contribution in [2.45, 2.75) is 101 Å². The third-order valence-corrected chi connectivity index (χ3v) is 12.3. The van der Waals surface area contributed by atoms with Crippen molar-refractivity contribution in [1.82, 2.24) is 15.5 Å². The first-order chi connectivity index (χ1) is 19.9. The highest BCUT2D eigenvalue weighted by Gasteiger charge is 2.85. The van der Waals surface area contributed by atoms with Crippen LogP contribution in [0.25, 0.3) is 0 Å². The van der Waals surface area contributed by atoms with Crippen molar-refractivity contribution >= 4 is 17.9 Å². The molecular formula is C31H41N3O8.